The molecule has 0 radical (unpaired) electrons. The van der Waals surface area contributed by atoms with Gasteiger partial charge in [0.2, 0.25) is 0 Å². The van der Waals surface area contributed by atoms with Gasteiger partial charge in [-0.1, -0.05) is 35.9 Å². The van der Waals surface area contributed by atoms with E-state index in [1.807, 2.05) is 36.4 Å². The van der Waals surface area contributed by atoms with Gasteiger partial charge in [-0.05, 0) is 48.2 Å². The number of carbonyl (C=O) groups excluding carboxylic acids is 1. The lowest BCUT2D eigenvalue weighted by molar-refractivity contribution is 0.0909. The van der Waals surface area contributed by atoms with Crippen LogP contribution in [0.3, 0.4) is 0 Å². The van der Waals surface area contributed by atoms with Crippen molar-refractivity contribution in [3.63, 3.8) is 0 Å². The van der Waals surface area contributed by atoms with Crippen molar-refractivity contribution in [1.29, 1.82) is 0 Å². The van der Waals surface area contributed by atoms with E-state index in [1.165, 1.54) is 5.56 Å². The number of halogens is 1. The number of hydrogen-bond acceptors (Lipinski definition) is 3. The second kappa shape index (κ2) is 9.49. The van der Waals surface area contributed by atoms with E-state index in [0.29, 0.717) is 11.3 Å². The fourth-order valence-electron chi connectivity index (χ4n) is 3.39. The predicted molar refractivity (Wildman–Crippen MR) is 111 cm³/mol. The number of piperidine rings is 1. The molecule has 144 valence electrons. The number of amides is 1. The summed E-state index contributed by atoms with van der Waals surface area (Å²) in [6.07, 6.45) is 3.56. The van der Waals surface area contributed by atoms with Crippen LogP contribution in [0.2, 0.25) is 5.02 Å². The van der Waals surface area contributed by atoms with Gasteiger partial charge in [-0.3, -0.25) is 13.9 Å². The van der Waals surface area contributed by atoms with E-state index >= 15 is 0 Å². The van der Waals surface area contributed by atoms with Gasteiger partial charge in [0.05, 0.1) is 0 Å². The van der Waals surface area contributed by atoms with Gasteiger partial charge in [-0.25, -0.2) is 0 Å². The molecule has 0 aromatic heterocycles. The quantitative estimate of drug-likeness (QED) is 0.800. The van der Waals surface area contributed by atoms with Crippen LogP contribution >= 0.6 is 11.6 Å². The Hall–Kier alpha value is -1.69. The second-order valence-electron chi connectivity index (χ2n) is 7.07. The third kappa shape index (κ3) is 6.16. The first kappa shape index (κ1) is 20.1. The molecule has 1 saturated heterocycles. The van der Waals surface area contributed by atoms with Crippen LogP contribution in [0.4, 0.5) is 0 Å². The molecule has 2 aromatic rings. The monoisotopic (exact) mass is 404 g/mol. The van der Waals surface area contributed by atoms with Crippen LogP contribution in [-0.2, 0) is 23.1 Å². The van der Waals surface area contributed by atoms with Gasteiger partial charge >= 0.3 is 0 Å². The largest absolute Gasteiger partial charge is 0.349 e. The summed E-state index contributed by atoms with van der Waals surface area (Å²) in [5, 5.41) is 3.91. The highest BCUT2D eigenvalue weighted by molar-refractivity contribution is 7.83. The van der Waals surface area contributed by atoms with E-state index in [4.69, 9.17) is 11.6 Å². The van der Waals surface area contributed by atoms with Crippen LogP contribution in [0.1, 0.15) is 34.3 Å². The maximum Gasteiger partial charge on any atom is 0.251 e. The molecule has 1 amide bonds. The van der Waals surface area contributed by atoms with Crippen LogP contribution in [0.15, 0.2) is 48.5 Å². The predicted octanol–water partition coefficient (Wildman–Crippen LogP) is 3.61. The first-order valence-corrected chi connectivity index (χ1v) is 11.3. The van der Waals surface area contributed by atoms with E-state index in [2.05, 4.69) is 22.3 Å². The summed E-state index contributed by atoms with van der Waals surface area (Å²) in [5.41, 5.74) is 2.83. The molecule has 1 N–H and O–H groups in total. The molecule has 1 atom stereocenters. The fourth-order valence-corrected chi connectivity index (χ4v) is 4.16. The normalized spacial score (nSPS) is 16.8. The fraction of sp³-hybridized carbons (Fsp3) is 0.381. The number of rotatable bonds is 6. The van der Waals surface area contributed by atoms with E-state index in [9.17, 15) is 9.00 Å². The maximum absolute atomic E-state index is 12.5. The van der Waals surface area contributed by atoms with E-state index in [1.54, 1.807) is 6.26 Å². The van der Waals surface area contributed by atoms with Crippen molar-refractivity contribution >= 4 is 28.3 Å². The topological polar surface area (TPSA) is 49.4 Å². The molecule has 1 fully saturated rings. The van der Waals surface area contributed by atoms with Crippen molar-refractivity contribution in [3.05, 3.63) is 70.2 Å². The van der Waals surface area contributed by atoms with Gasteiger partial charge in [0.25, 0.3) is 5.91 Å². The highest BCUT2D eigenvalue weighted by atomic mass is 35.5. The molecule has 1 heterocycles. The molecule has 2 aromatic carbocycles. The summed E-state index contributed by atoms with van der Waals surface area (Å²) in [6.45, 7) is 2.83. The molecule has 3 rings (SSSR count). The summed E-state index contributed by atoms with van der Waals surface area (Å²) >= 11 is 5.94. The molecule has 1 aliphatic heterocycles. The Balaban J connectivity index is 1.49. The minimum Gasteiger partial charge on any atom is -0.349 e. The number of likely N-dealkylation sites (tertiary alicyclic amines) is 1. The lowest BCUT2D eigenvalue weighted by atomic mass is 10.0. The van der Waals surface area contributed by atoms with Gasteiger partial charge in [0.1, 0.15) is 0 Å². The molecule has 6 heteroatoms. The van der Waals surface area contributed by atoms with Gasteiger partial charge in [0, 0.05) is 59.1 Å². The number of nitrogens with one attached hydrogen (secondary N) is 1. The standard InChI is InChI=1S/C21H25ClN2O2S/c1-27(26)15-17-3-2-4-18(13-17)21(25)23-20-9-11-24(12-10-20)14-16-5-7-19(22)8-6-16/h2-8,13,20H,9-12,14-15H2,1H3,(H,23,25). The SMILES string of the molecule is CS(=O)Cc1cccc(C(=O)NC2CCN(Cc3ccc(Cl)cc3)CC2)c1. The number of carbonyl (C=O) groups is 1. The van der Waals surface area contributed by atoms with Gasteiger partial charge in [0.15, 0.2) is 0 Å². The minimum absolute atomic E-state index is 0.0464. The second-order valence-corrected chi connectivity index (χ2v) is 8.94. The Morgan fingerprint density at radius 2 is 1.85 bits per heavy atom. The van der Waals surface area contributed by atoms with Crippen molar-refractivity contribution in [2.75, 3.05) is 19.3 Å². The summed E-state index contributed by atoms with van der Waals surface area (Å²) in [4.78, 5) is 14.9. The lowest BCUT2D eigenvalue weighted by Crippen LogP contribution is -2.44. The first-order valence-electron chi connectivity index (χ1n) is 9.16. The van der Waals surface area contributed by atoms with Crippen molar-refractivity contribution in [3.8, 4) is 0 Å². The maximum atomic E-state index is 12.5. The van der Waals surface area contributed by atoms with Gasteiger partial charge < -0.3 is 5.32 Å². The summed E-state index contributed by atoms with van der Waals surface area (Å²) in [7, 11) is -0.911. The smallest absolute Gasteiger partial charge is 0.251 e. The van der Waals surface area contributed by atoms with Crippen LogP contribution in [-0.4, -0.2) is 40.4 Å². The molecular formula is C21H25ClN2O2S. The summed E-state index contributed by atoms with van der Waals surface area (Å²) in [5.74, 6) is 0.430. The van der Waals surface area contributed by atoms with Crippen LogP contribution in [0.25, 0.3) is 0 Å². The third-order valence-electron chi connectivity index (χ3n) is 4.80. The van der Waals surface area contributed by atoms with E-state index in [0.717, 1.165) is 43.1 Å². The molecule has 0 spiro atoms. The third-order valence-corrected chi connectivity index (χ3v) is 5.79. The molecule has 1 aliphatic rings. The Bertz CT molecular complexity index is 802. The lowest BCUT2D eigenvalue weighted by Gasteiger charge is -2.32. The highest BCUT2D eigenvalue weighted by Gasteiger charge is 2.21. The Kier molecular flexibility index (Phi) is 7.05. The molecule has 0 saturated carbocycles. The zero-order valence-electron chi connectivity index (χ0n) is 15.5. The van der Waals surface area contributed by atoms with Gasteiger partial charge in [-0.2, -0.15) is 0 Å². The highest BCUT2D eigenvalue weighted by Crippen LogP contribution is 2.16. The first-order chi connectivity index (χ1) is 13.0. The zero-order valence-corrected chi connectivity index (χ0v) is 17.1. The average Bonchev–Trinajstić information content (AvgIpc) is 2.65. The molecule has 27 heavy (non-hydrogen) atoms. The average molecular weight is 405 g/mol. The molecule has 4 nitrogen and oxygen atoms in total. The van der Waals surface area contributed by atoms with Crippen LogP contribution < -0.4 is 5.32 Å². The van der Waals surface area contributed by atoms with Crippen molar-refractivity contribution in [2.24, 2.45) is 0 Å². The minimum atomic E-state index is -0.911. The van der Waals surface area contributed by atoms with Gasteiger partial charge in [-0.15, -0.1) is 0 Å². The van der Waals surface area contributed by atoms with Crippen LogP contribution in [0, 0.1) is 0 Å². The van der Waals surface area contributed by atoms with Crippen molar-refractivity contribution in [1.82, 2.24) is 10.2 Å². The molecular weight excluding hydrogens is 380 g/mol. The van der Waals surface area contributed by atoms with E-state index < -0.39 is 10.8 Å². The Morgan fingerprint density at radius 1 is 1.15 bits per heavy atom. The Morgan fingerprint density at radius 3 is 2.52 bits per heavy atom. The summed E-state index contributed by atoms with van der Waals surface area (Å²) in [6, 6.07) is 15.6. The van der Waals surface area contributed by atoms with E-state index in [-0.39, 0.29) is 11.9 Å². The molecule has 0 aliphatic carbocycles. The van der Waals surface area contributed by atoms with Crippen LogP contribution in [0.5, 0.6) is 0 Å². The molecule has 0 bridgehead atoms. The molecule has 1 unspecified atom stereocenters. The van der Waals surface area contributed by atoms with Crippen molar-refractivity contribution in [2.45, 2.75) is 31.2 Å². The number of benzene rings is 2. The zero-order chi connectivity index (χ0) is 19.2. The number of nitrogens with zero attached hydrogens (tertiary/aromatic N) is 1. The number of hydrogen-bond donors (Lipinski definition) is 1. The Labute approximate surface area is 168 Å². The summed E-state index contributed by atoms with van der Waals surface area (Å²) < 4.78 is 11.4. The van der Waals surface area contributed by atoms with Crippen molar-refractivity contribution < 1.29 is 9.00 Å².